The molecular formula is C25H24ClN3O4. The molecule has 0 spiro atoms. The Labute approximate surface area is 197 Å². The molecule has 3 aromatic carbocycles. The number of benzene rings is 3. The molecule has 3 aromatic rings. The van der Waals surface area contributed by atoms with E-state index in [9.17, 15) is 14.7 Å². The summed E-state index contributed by atoms with van der Waals surface area (Å²) in [6.07, 6.45) is 0. The summed E-state index contributed by atoms with van der Waals surface area (Å²) in [6.45, 7) is 2.98. The predicted octanol–water partition coefficient (Wildman–Crippen LogP) is 4.63. The van der Waals surface area contributed by atoms with Crippen LogP contribution in [0, 0.1) is 0 Å². The topological polar surface area (TPSA) is 82.1 Å². The third-order valence-electron chi connectivity index (χ3n) is 5.67. The molecule has 0 radical (unpaired) electrons. The summed E-state index contributed by atoms with van der Waals surface area (Å²) in [4.78, 5) is 28.9. The van der Waals surface area contributed by atoms with Gasteiger partial charge in [-0.05, 0) is 54.6 Å². The van der Waals surface area contributed by atoms with Crippen LogP contribution in [0.1, 0.15) is 20.7 Å². The second kappa shape index (κ2) is 9.83. The number of halogens is 1. The van der Waals surface area contributed by atoms with E-state index < -0.39 is 5.97 Å². The van der Waals surface area contributed by atoms with Gasteiger partial charge in [0.05, 0.1) is 29.1 Å². The van der Waals surface area contributed by atoms with Gasteiger partial charge in [0.15, 0.2) is 0 Å². The molecule has 1 heterocycles. The summed E-state index contributed by atoms with van der Waals surface area (Å²) >= 11 is 6.32. The number of hydrogen-bond acceptors (Lipinski definition) is 5. The summed E-state index contributed by atoms with van der Waals surface area (Å²) in [5.41, 5.74) is 2.51. The highest BCUT2D eigenvalue weighted by Crippen LogP contribution is 2.29. The molecule has 170 valence electrons. The number of carbonyl (C=O) groups is 2. The molecule has 0 unspecified atom stereocenters. The Morgan fingerprint density at radius 3 is 2.24 bits per heavy atom. The molecule has 0 aliphatic carbocycles. The Morgan fingerprint density at radius 2 is 1.61 bits per heavy atom. The van der Waals surface area contributed by atoms with Crippen molar-refractivity contribution < 1.29 is 19.4 Å². The number of nitrogens with one attached hydrogen (secondary N) is 1. The molecule has 0 atom stereocenters. The zero-order valence-electron chi connectivity index (χ0n) is 18.1. The van der Waals surface area contributed by atoms with E-state index in [2.05, 4.69) is 15.1 Å². The lowest BCUT2D eigenvalue weighted by Gasteiger charge is -2.37. The number of carboxylic acids is 1. The van der Waals surface area contributed by atoms with Gasteiger partial charge in [0.2, 0.25) is 0 Å². The molecule has 0 bridgehead atoms. The van der Waals surface area contributed by atoms with Crippen LogP contribution in [0.4, 0.5) is 17.1 Å². The zero-order chi connectivity index (χ0) is 23.4. The third-order valence-corrected chi connectivity index (χ3v) is 5.99. The largest absolute Gasteiger partial charge is 0.497 e. The Kier molecular flexibility index (Phi) is 6.70. The van der Waals surface area contributed by atoms with Gasteiger partial charge in [-0.2, -0.15) is 0 Å². The SMILES string of the molecule is COc1ccc(C(=O)Nc2ccc(N3CCN(c4ccccc4Cl)CC3)cc2C(=O)O)cc1. The fourth-order valence-corrected chi connectivity index (χ4v) is 4.12. The number of rotatable bonds is 6. The van der Waals surface area contributed by atoms with Gasteiger partial charge in [0.25, 0.3) is 5.91 Å². The predicted molar refractivity (Wildman–Crippen MR) is 130 cm³/mol. The number of methoxy groups -OCH3 is 1. The minimum Gasteiger partial charge on any atom is -0.497 e. The standard InChI is InChI=1S/C25H24ClN3O4/c1-33-19-9-6-17(7-10-19)24(30)27-22-11-8-18(16-20(22)25(31)32)28-12-14-29(15-13-28)23-5-3-2-4-21(23)26/h2-11,16H,12-15H2,1H3,(H,27,30)(H,31,32). The molecule has 7 nitrogen and oxygen atoms in total. The number of amides is 1. The first kappa shape index (κ1) is 22.5. The van der Waals surface area contributed by atoms with Crippen LogP contribution in [0.15, 0.2) is 66.7 Å². The Hall–Kier alpha value is -3.71. The summed E-state index contributed by atoms with van der Waals surface area (Å²) in [5.74, 6) is -0.852. The van der Waals surface area contributed by atoms with E-state index in [-0.39, 0.29) is 17.2 Å². The fraction of sp³-hybridized carbons (Fsp3) is 0.200. The van der Waals surface area contributed by atoms with E-state index in [0.29, 0.717) is 11.3 Å². The van der Waals surface area contributed by atoms with Gasteiger partial charge in [-0.1, -0.05) is 23.7 Å². The molecule has 2 N–H and O–H groups in total. The first-order valence-corrected chi connectivity index (χ1v) is 10.9. The van der Waals surface area contributed by atoms with E-state index >= 15 is 0 Å². The maximum absolute atomic E-state index is 12.6. The number of aromatic carboxylic acids is 1. The zero-order valence-corrected chi connectivity index (χ0v) is 18.9. The lowest BCUT2D eigenvalue weighted by Crippen LogP contribution is -2.46. The molecule has 1 aliphatic heterocycles. The second-order valence-corrected chi connectivity index (χ2v) is 8.05. The lowest BCUT2D eigenvalue weighted by molar-refractivity contribution is 0.0698. The molecule has 1 fully saturated rings. The van der Waals surface area contributed by atoms with Crippen LogP contribution in [0.3, 0.4) is 0 Å². The monoisotopic (exact) mass is 465 g/mol. The number of carboxylic acid groups (broad SMARTS) is 1. The maximum atomic E-state index is 12.6. The number of carbonyl (C=O) groups excluding carboxylic acids is 1. The number of para-hydroxylation sites is 1. The maximum Gasteiger partial charge on any atom is 0.337 e. The number of piperazine rings is 1. The van der Waals surface area contributed by atoms with Gasteiger partial charge in [-0.3, -0.25) is 4.79 Å². The van der Waals surface area contributed by atoms with Crippen molar-refractivity contribution in [1.29, 1.82) is 0 Å². The summed E-state index contributed by atoms with van der Waals surface area (Å²) in [7, 11) is 1.55. The van der Waals surface area contributed by atoms with E-state index in [0.717, 1.165) is 42.6 Å². The number of hydrogen-bond donors (Lipinski definition) is 2. The van der Waals surface area contributed by atoms with Crippen LogP contribution in [0.5, 0.6) is 5.75 Å². The van der Waals surface area contributed by atoms with E-state index in [4.69, 9.17) is 16.3 Å². The number of anilines is 3. The normalized spacial score (nSPS) is 13.5. The Balaban J connectivity index is 1.47. The minimum absolute atomic E-state index is 0.0443. The highest BCUT2D eigenvalue weighted by Gasteiger charge is 2.21. The molecule has 1 amide bonds. The van der Waals surface area contributed by atoms with Crippen molar-refractivity contribution in [1.82, 2.24) is 0 Å². The third kappa shape index (κ3) is 5.04. The Bertz CT molecular complexity index is 1160. The molecule has 1 saturated heterocycles. The van der Waals surface area contributed by atoms with Crippen molar-refractivity contribution in [2.45, 2.75) is 0 Å². The lowest BCUT2D eigenvalue weighted by atomic mass is 10.1. The van der Waals surface area contributed by atoms with Crippen molar-refractivity contribution in [3.8, 4) is 5.75 Å². The van der Waals surface area contributed by atoms with Crippen molar-refractivity contribution in [3.63, 3.8) is 0 Å². The van der Waals surface area contributed by atoms with Crippen LogP contribution in [0.25, 0.3) is 0 Å². The summed E-state index contributed by atoms with van der Waals surface area (Å²) in [6, 6.07) is 19.4. The van der Waals surface area contributed by atoms with Crippen LogP contribution in [-0.2, 0) is 0 Å². The number of nitrogens with zero attached hydrogens (tertiary/aromatic N) is 2. The summed E-state index contributed by atoms with van der Waals surface area (Å²) < 4.78 is 5.10. The molecule has 0 saturated carbocycles. The van der Waals surface area contributed by atoms with Gasteiger partial charge in [-0.15, -0.1) is 0 Å². The fourth-order valence-electron chi connectivity index (χ4n) is 3.87. The van der Waals surface area contributed by atoms with E-state index in [1.807, 2.05) is 30.3 Å². The highest BCUT2D eigenvalue weighted by molar-refractivity contribution is 6.33. The second-order valence-electron chi connectivity index (χ2n) is 7.64. The van der Waals surface area contributed by atoms with Crippen LogP contribution < -0.4 is 19.9 Å². The van der Waals surface area contributed by atoms with Gasteiger partial charge < -0.3 is 25.0 Å². The molecule has 0 aromatic heterocycles. The molecule has 33 heavy (non-hydrogen) atoms. The van der Waals surface area contributed by atoms with Crippen LogP contribution in [0.2, 0.25) is 5.02 Å². The number of ether oxygens (including phenoxy) is 1. The van der Waals surface area contributed by atoms with Crippen molar-refractivity contribution >= 4 is 40.5 Å². The highest BCUT2D eigenvalue weighted by atomic mass is 35.5. The first-order chi connectivity index (χ1) is 16.0. The van der Waals surface area contributed by atoms with Crippen LogP contribution >= 0.6 is 11.6 Å². The van der Waals surface area contributed by atoms with E-state index in [1.54, 1.807) is 43.5 Å². The van der Waals surface area contributed by atoms with Gasteiger partial charge in [0, 0.05) is 37.4 Å². The summed E-state index contributed by atoms with van der Waals surface area (Å²) in [5, 5.41) is 13.2. The smallest absolute Gasteiger partial charge is 0.337 e. The average molecular weight is 466 g/mol. The Morgan fingerprint density at radius 1 is 0.939 bits per heavy atom. The minimum atomic E-state index is -1.10. The van der Waals surface area contributed by atoms with Gasteiger partial charge in [-0.25, -0.2) is 4.79 Å². The molecule has 1 aliphatic rings. The first-order valence-electron chi connectivity index (χ1n) is 10.5. The van der Waals surface area contributed by atoms with Gasteiger partial charge >= 0.3 is 5.97 Å². The van der Waals surface area contributed by atoms with Crippen molar-refractivity contribution in [2.24, 2.45) is 0 Å². The van der Waals surface area contributed by atoms with E-state index in [1.165, 1.54) is 0 Å². The van der Waals surface area contributed by atoms with Crippen molar-refractivity contribution in [3.05, 3.63) is 82.9 Å². The average Bonchev–Trinajstić information content (AvgIpc) is 2.84. The van der Waals surface area contributed by atoms with Gasteiger partial charge in [0.1, 0.15) is 5.75 Å². The quantitative estimate of drug-likeness (QED) is 0.552. The van der Waals surface area contributed by atoms with Crippen LogP contribution in [-0.4, -0.2) is 50.3 Å². The molecule has 4 rings (SSSR count). The molecular weight excluding hydrogens is 442 g/mol. The van der Waals surface area contributed by atoms with Crippen molar-refractivity contribution in [2.75, 3.05) is 48.4 Å². The molecule has 8 heteroatoms.